The lowest BCUT2D eigenvalue weighted by Gasteiger charge is -2.16. The summed E-state index contributed by atoms with van der Waals surface area (Å²) in [6, 6.07) is 11.0. The summed E-state index contributed by atoms with van der Waals surface area (Å²) < 4.78 is 0. The van der Waals surface area contributed by atoms with Crippen molar-refractivity contribution in [3.05, 3.63) is 35.9 Å². The second-order valence-electron chi connectivity index (χ2n) is 6.15. The van der Waals surface area contributed by atoms with Crippen LogP contribution >= 0.6 is 0 Å². The molecule has 0 bridgehead atoms. The molecule has 19 heavy (non-hydrogen) atoms. The molecule has 1 N–H and O–H groups in total. The molecule has 1 aliphatic heterocycles. The van der Waals surface area contributed by atoms with Gasteiger partial charge in [-0.15, -0.1) is 0 Å². The molecule has 0 saturated carbocycles. The van der Waals surface area contributed by atoms with E-state index in [1.165, 1.54) is 38.0 Å². The predicted molar refractivity (Wildman–Crippen MR) is 82.6 cm³/mol. The molecule has 1 heterocycles. The fourth-order valence-corrected chi connectivity index (χ4v) is 2.85. The molecule has 0 spiro atoms. The molecule has 1 saturated heterocycles. The van der Waals surface area contributed by atoms with Gasteiger partial charge in [0.2, 0.25) is 0 Å². The van der Waals surface area contributed by atoms with Crippen LogP contribution in [0.2, 0.25) is 0 Å². The maximum Gasteiger partial charge on any atom is 0.00508 e. The van der Waals surface area contributed by atoms with Crippen LogP contribution in [0.1, 0.15) is 38.2 Å². The second kappa shape index (κ2) is 7.66. The SMILES string of the molecule is CC(C)CNCCCN1CCC(c2ccccc2)C1. The summed E-state index contributed by atoms with van der Waals surface area (Å²) in [5.74, 6) is 1.51. The van der Waals surface area contributed by atoms with Crippen molar-refractivity contribution in [2.45, 2.75) is 32.6 Å². The molecular formula is C17H28N2. The topological polar surface area (TPSA) is 15.3 Å². The van der Waals surface area contributed by atoms with E-state index in [9.17, 15) is 0 Å². The zero-order chi connectivity index (χ0) is 13.5. The fourth-order valence-electron chi connectivity index (χ4n) is 2.85. The molecule has 1 aromatic carbocycles. The van der Waals surface area contributed by atoms with Crippen LogP contribution in [0.3, 0.4) is 0 Å². The minimum absolute atomic E-state index is 0.754. The maximum atomic E-state index is 3.53. The first-order valence-corrected chi connectivity index (χ1v) is 7.73. The second-order valence-corrected chi connectivity index (χ2v) is 6.15. The Kier molecular flexibility index (Phi) is 5.87. The van der Waals surface area contributed by atoms with Gasteiger partial charge in [0.1, 0.15) is 0 Å². The van der Waals surface area contributed by atoms with Gasteiger partial charge in [-0.1, -0.05) is 44.2 Å². The van der Waals surface area contributed by atoms with Crippen LogP contribution < -0.4 is 5.32 Å². The van der Waals surface area contributed by atoms with E-state index in [1.807, 2.05) is 0 Å². The maximum absolute atomic E-state index is 3.53. The first-order chi connectivity index (χ1) is 9.25. The van der Waals surface area contributed by atoms with Crippen molar-refractivity contribution < 1.29 is 0 Å². The Morgan fingerprint density at radius 3 is 2.79 bits per heavy atom. The van der Waals surface area contributed by atoms with Crippen molar-refractivity contribution in [1.82, 2.24) is 10.2 Å². The number of hydrogen-bond acceptors (Lipinski definition) is 2. The summed E-state index contributed by atoms with van der Waals surface area (Å²) >= 11 is 0. The molecule has 1 aliphatic rings. The Balaban J connectivity index is 1.63. The van der Waals surface area contributed by atoms with Gasteiger partial charge in [-0.25, -0.2) is 0 Å². The third-order valence-electron chi connectivity index (χ3n) is 3.92. The first kappa shape index (κ1) is 14.5. The van der Waals surface area contributed by atoms with Crippen molar-refractivity contribution in [1.29, 1.82) is 0 Å². The molecule has 1 fully saturated rings. The van der Waals surface area contributed by atoms with E-state index >= 15 is 0 Å². The van der Waals surface area contributed by atoms with Crippen LogP contribution in [0.5, 0.6) is 0 Å². The van der Waals surface area contributed by atoms with Crippen LogP contribution in [0.25, 0.3) is 0 Å². The average Bonchev–Trinajstić information content (AvgIpc) is 2.88. The molecule has 2 heteroatoms. The van der Waals surface area contributed by atoms with E-state index < -0.39 is 0 Å². The van der Waals surface area contributed by atoms with E-state index in [0.717, 1.165) is 24.9 Å². The Morgan fingerprint density at radius 2 is 2.05 bits per heavy atom. The highest BCUT2D eigenvalue weighted by Crippen LogP contribution is 2.26. The summed E-state index contributed by atoms with van der Waals surface area (Å²) in [6.07, 6.45) is 2.59. The Hall–Kier alpha value is -0.860. The minimum atomic E-state index is 0.754. The molecule has 0 radical (unpaired) electrons. The van der Waals surface area contributed by atoms with Gasteiger partial charge in [-0.3, -0.25) is 0 Å². The fraction of sp³-hybridized carbons (Fsp3) is 0.647. The van der Waals surface area contributed by atoms with Gasteiger partial charge in [0, 0.05) is 6.54 Å². The van der Waals surface area contributed by atoms with Crippen molar-refractivity contribution in [2.75, 3.05) is 32.7 Å². The lowest BCUT2D eigenvalue weighted by atomic mass is 9.99. The van der Waals surface area contributed by atoms with Crippen LogP contribution in [0.15, 0.2) is 30.3 Å². The van der Waals surface area contributed by atoms with Gasteiger partial charge in [0.05, 0.1) is 0 Å². The van der Waals surface area contributed by atoms with E-state index in [4.69, 9.17) is 0 Å². The number of nitrogens with zero attached hydrogens (tertiary/aromatic N) is 1. The van der Waals surface area contributed by atoms with Crippen LogP contribution in [-0.4, -0.2) is 37.6 Å². The van der Waals surface area contributed by atoms with Crippen molar-refractivity contribution in [3.63, 3.8) is 0 Å². The molecule has 1 aromatic rings. The van der Waals surface area contributed by atoms with Gasteiger partial charge in [0.15, 0.2) is 0 Å². The van der Waals surface area contributed by atoms with Crippen LogP contribution in [0.4, 0.5) is 0 Å². The minimum Gasteiger partial charge on any atom is -0.316 e. The predicted octanol–water partition coefficient (Wildman–Crippen LogP) is 3.11. The Morgan fingerprint density at radius 1 is 1.26 bits per heavy atom. The third-order valence-corrected chi connectivity index (χ3v) is 3.92. The smallest absolute Gasteiger partial charge is 0.00508 e. The number of benzene rings is 1. The normalized spacial score (nSPS) is 20.3. The zero-order valence-corrected chi connectivity index (χ0v) is 12.4. The van der Waals surface area contributed by atoms with Crippen LogP contribution in [-0.2, 0) is 0 Å². The monoisotopic (exact) mass is 260 g/mol. The number of hydrogen-bond donors (Lipinski definition) is 1. The first-order valence-electron chi connectivity index (χ1n) is 7.73. The molecule has 2 nitrogen and oxygen atoms in total. The van der Waals surface area contributed by atoms with Gasteiger partial charge in [-0.2, -0.15) is 0 Å². The van der Waals surface area contributed by atoms with Crippen molar-refractivity contribution in [2.24, 2.45) is 5.92 Å². The number of rotatable bonds is 7. The molecule has 2 rings (SSSR count). The highest BCUT2D eigenvalue weighted by atomic mass is 15.1. The Bertz CT molecular complexity index is 348. The lowest BCUT2D eigenvalue weighted by Crippen LogP contribution is -2.27. The molecule has 1 atom stereocenters. The largest absolute Gasteiger partial charge is 0.316 e. The molecule has 0 aromatic heterocycles. The number of nitrogens with one attached hydrogen (secondary N) is 1. The van der Waals surface area contributed by atoms with Crippen molar-refractivity contribution >= 4 is 0 Å². The van der Waals surface area contributed by atoms with Gasteiger partial charge < -0.3 is 10.2 Å². The van der Waals surface area contributed by atoms with Gasteiger partial charge in [-0.05, 0) is 56.4 Å². The summed E-state index contributed by atoms with van der Waals surface area (Å²) in [7, 11) is 0. The molecule has 0 aliphatic carbocycles. The average molecular weight is 260 g/mol. The quantitative estimate of drug-likeness (QED) is 0.758. The summed E-state index contributed by atoms with van der Waals surface area (Å²) in [4.78, 5) is 2.62. The van der Waals surface area contributed by atoms with Gasteiger partial charge >= 0.3 is 0 Å². The standard InChI is InChI=1S/C17H28N2/c1-15(2)13-18-10-6-11-19-12-9-17(14-19)16-7-4-3-5-8-16/h3-5,7-8,15,17-18H,6,9-14H2,1-2H3. The van der Waals surface area contributed by atoms with E-state index in [-0.39, 0.29) is 0 Å². The highest BCUT2D eigenvalue weighted by Gasteiger charge is 2.22. The highest BCUT2D eigenvalue weighted by molar-refractivity contribution is 5.20. The van der Waals surface area contributed by atoms with Crippen LogP contribution in [0, 0.1) is 5.92 Å². The summed E-state index contributed by atoms with van der Waals surface area (Å²) in [5, 5.41) is 3.53. The third kappa shape index (κ3) is 4.96. The van der Waals surface area contributed by atoms with E-state index in [0.29, 0.717) is 0 Å². The van der Waals surface area contributed by atoms with Crippen molar-refractivity contribution in [3.8, 4) is 0 Å². The molecule has 0 amide bonds. The zero-order valence-electron chi connectivity index (χ0n) is 12.4. The Labute approximate surface area is 118 Å². The summed E-state index contributed by atoms with van der Waals surface area (Å²) in [5.41, 5.74) is 1.52. The summed E-state index contributed by atoms with van der Waals surface area (Å²) in [6.45, 7) is 10.6. The molecule has 106 valence electrons. The van der Waals surface area contributed by atoms with Gasteiger partial charge in [0.25, 0.3) is 0 Å². The lowest BCUT2D eigenvalue weighted by molar-refractivity contribution is 0.325. The van der Waals surface area contributed by atoms with E-state index in [1.54, 1.807) is 0 Å². The molecular weight excluding hydrogens is 232 g/mol. The van der Waals surface area contributed by atoms with E-state index in [2.05, 4.69) is 54.4 Å². The number of likely N-dealkylation sites (tertiary alicyclic amines) is 1. The molecule has 1 unspecified atom stereocenters.